The summed E-state index contributed by atoms with van der Waals surface area (Å²) in [6, 6.07) is 12.7. The molecular weight excluding hydrogens is 373 g/mol. The Kier molecular flexibility index (Phi) is 6.27. The molecule has 0 saturated carbocycles. The second kappa shape index (κ2) is 9.24. The molecule has 2 heterocycles. The summed E-state index contributed by atoms with van der Waals surface area (Å²) in [6.45, 7) is 5.27. The average Bonchev–Trinajstić information content (AvgIpc) is 3.21. The van der Waals surface area contributed by atoms with Crippen molar-refractivity contribution in [3.8, 4) is 11.5 Å². The van der Waals surface area contributed by atoms with Crippen molar-refractivity contribution in [2.24, 2.45) is 0 Å². The molecule has 7 heteroatoms. The van der Waals surface area contributed by atoms with E-state index in [9.17, 15) is 9.18 Å². The summed E-state index contributed by atoms with van der Waals surface area (Å²) < 4.78 is 24.4. The van der Waals surface area contributed by atoms with Gasteiger partial charge in [0, 0.05) is 57.8 Å². The molecule has 0 bridgehead atoms. The van der Waals surface area contributed by atoms with E-state index in [1.54, 1.807) is 12.1 Å². The Morgan fingerprint density at radius 2 is 1.83 bits per heavy atom. The van der Waals surface area contributed by atoms with Crippen LogP contribution in [0.25, 0.3) is 0 Å². The molecule has 0 unspecified atom stereocenters. The first-order chi connectivity index (χ1) is 14.2. The molecule has 0 radical (unpaired) electrons. The third kappa shape index (κ3) is 5.05. The molecule has 2 aromatic carbocycles. The highest BCUT2D eigenvalue weighted by Gasteiger charge is 2.21. The number of halogens is 1. The number of hydrogen-bond acceptors (Lipinski definition) is 5. The number of nitrogens with zero attached hydrogens (tertiary/aromatic N) is 2. The minimum atomic E-state index is -0.218. The molecule has 154 valence electrons. The predicted octanol–water partition coefficient (Wildman–Crippen LogP) is 2.38. The van der Waals surface area contributed by atoms with Crippen LogP contribution in [0.4, 0.5) is 4.39 Å². The number of carbonyl (C=O) groups excluding carboxylic acids is 1. The maximum absolute atomic E-state index is 13.6. The lowest BCUT2D eigenvalue weighted by Crippen LogP contribution is -2.48. The fraction of sp³-hybridized carbons (Fsp3) is 0.409. The third-order valence-corrected chi connectivity index (χ3v) is 5.36. The second-order valence-electron chi connectivity index (χ2n) is 7.36. The fourth-order valence-electron chi connectivity index (χ4n) is 3.67. The molecule has 6 nitrogen and oxygen atoms in total. The number of carbonyl (C=O) groups is 1. The molecule has 4 rings (SSSR count). The quantitative estimate of drug-likeness (QED) is 0.725. The topological polar surface area (TPSA) is 54.0 Å². The van der Waals surface area contributed by atoms with Crippen molar-refractivity contribution in [1.29, 1.82) is 0 Å². The van der Waals surface area contributed by atoms with Crippen LogP contribution in [-0.4, -0.2) is 55.2 Å². The molecule has 0 atom stereocenters. The van der Waals surface area contributed by atoms with Gasteiger partial charge in [-0.25, -0.2) is 4.39 Å². The molecule has 1 amide bonds. The van der Waals surface area contributed by atoms with Gasteiger partial charge in [0.1, 0.15) is 5.82 Å². The van der Waals surface area contributed by atoms with E-state index in [2.05, 4.69) is 16.3 Å². The highest BCUT2D eigenvalue weighted by atomic mass is 19.1. The Bertz CT molecular complexity index is 853. The molecule has 0 aliphatic carbocycles. The first-order valence-electron chi connectivity index (χ1n) is 10.0. The summed E-state index contributed by atoms with van der Waals surface area (Å²) in [4.78, 5) is 16.7. The van der Waals surface area contributed by atoms with Gasteiger partial charge in [0.25, 0.3) is 0 Å². The van der Waals surface area contributed by atoms with Crippen molar-refractivity contribution in [2.45, 2.75) is 19.5 Å². The van der Waals surface area contributed by atoms with Crippen LogP contribution in [0.3, 0.4) is 0 Å². The Morgan fingerprint density at radius 1 is 1.03 bits per heavy atom. The van der Waals surface area contributed by atoms with Crippen molar-refractivity contribution in [2.75, 3.05) is 39.5 Å². The normalized spacial score (nSPS) is 16.2. The number of hydrogen-bond donors (Lipinski definition) is 1. The van der Waals surface area contributed by atoms with Crippen LogP contribution < -0.4 is 14.8 Å². The number of ether oxygens (including phenoxy) is 2. The zero-order valence-corrected chi connectivity index (χ0v) is 16.4. The predicted molar refractivity (Wildman–Crippen MR) is 107 cm³/mol. The number of benzene rings is 2. The lowest BCUT2D eigenvalue weighted by atomic mass is 10.1. The molecule has 1 saturated heterocycles. The average molecular weight is 399 g/mol. The molecule has 0 spiro atoms. The van der Waals surface area contributed by atoms with Crippen molar-refractivity contribution in [3.05, 3.63) is 59.4 Å². The molecule has 2 aromatic rings. The van der Waals surface area contributed by atoms with Crippen molar-refractivity contribution >= 4 is 5.91 Å². The van der Waals surface area contributed by atoms with Gasteiger partial charge in [0.05, 0.1) is 0 Å². The number of amides is 1. The Hall–Kier alpha value is -2.64. The van der Waals surface area contributed by atoms with Gasteiger partial charge in [-0.05, 0) is 23.8 Å². The lowest BCUT2D eigenvalue weighted by Gasteiger charge is -2.34. The lowest BCUT2D eigenvalue weighted by molar-refractivity contribution is -0.132. The highest BCUT2D eigenvalue weighted by Crippen LogP contribution is 2.32. The van der Waals surface area contributed by atoms with E-state index in [-0.39, 0.29) is 18.5 Å². The number of nitrogens with one attached hydrogen (secondary N) is 1. The number of rotatable bonds is 7. The minimum Gasteiger partial charge on any atom is -0.454 e. The summed E-state index contributed by atoms with van der Waals surface area (Å²) in [5, 5.41) is 3.15. The van der Waals surface area contributed by atoms with Crippen molar-refractivity contribution in [3.63, 3.8) is 0 Å². The van der Waals surface area contributed by atoms with Crippen LogP contribution >= 0.6 is 0 Å². The summed E-state index contributed by atoms with van der Waals surface area (Å²) >= 11 is 0. The maximum atomic E-state index is 13.6. The van der Waals surface area contributed by atoms with Gasteiger partial charge in [-0.1, -0.05) is 24.3 Å². The van der Waals surface area contributed by atoms with E-state index >= 15 is 0 Å². The highest BCUT2D eigenvalue weighted by molar-refractivity contribution is 5.76. The maximum Gasteiger partial charge on any atom is 0.231 e. The number of fused-ring (bicyclic) bond motifs is 1. The van der Waals surface area contributed by atoms with E-state index in [0.29, 0.717) is 25.1 Å². The van der Waals surface area contributed by atoms with Gasteiger partial charge < -0.3 is 19.7 Å². The molecule has 1 N–H and O–H groups in total. The van der Waals surface area contributed by atoms with E-state index < -0.39 is 0 Å². The van der Waals surface area contributed by atoms with E-state index in [1.165, 1.54) is 11.6 Å². The molecule has 2 aliphatic heterocycles. The SMILES string of the molecule is O=C(CCNCc1ccccc1F)N1CCN(Cc2ccc3c(c2)OCO3)CC1. The Balaban J connectivity index is 1.16. The van der Waals surface area contributed by atoms with Crippen molar-refractivity contribution < 1.29 is 18.7 Å². The molecule has 1 fully saturated rings. The molecule has 0 aromatic heterocycles. The van der Waals surface area contributed by atoms with Crippen LogP contribution in [0.5, 0.6) is 11.5 Å². The standard InChI is InChI=1S/C22H26FN3O3/c23-19-4-2-1-3-18(19)14-24-8-7-22(27)26-11-9-25(10-12-26)15-17-5-6-20-21(13-17)29-16-28-20/h1-6,13,24H,7-12,14-16H2. The second-order valence-corrected chi connectivity index (χ2v) is 7.36. The van der Waals surface area contributed by atoms with E-state index in [4.69, 9.17) is 9.47 Å². The monoisotopic (exact) mass is 399 g/mol. The van der Waals surface area contributed by atoms with Crippen LogP contribution in [-0.2, 0) is 17.9 Å². The van der Waals surface area contributed by atoms with Gasteiger partial charge in [-0.15, -0.1) is 0 Å². The van der Waals surface area contributed by atoms with Gasteiger partial charge >= 0.3 is 0 Å². The van der Waals surface area contributed by atoms with Crippen molar-refractivity contribution in [1.82, 2.24) is 15.1 Å². The van der Waals surface area contributed by atoms with Crippen LogP contribution in [0.1, 0.15) is 17.5 Å². The minimum absolute atomic E-state index is 0.147. The first-order valence-corrected chi connectivity index (χ1v) is 10.0. The summed E-state index contributed by atoms with van der Waals surface area (Å²) in [7, 11) is 0. The van der Waals surface area contributed by atoms with E-state index in [1.807, 2.05) is 23.1 Å². The summed E-state index contributed by atoms with van der Waals surface area (Å²) in [5.41, 5.74) is 1.81. The number of piperazine rings is 1. The molecule has 2 aliphatic rings. The van der Waals surface area contributed by atoms with Gasteiger partial charge in [0.2, 0.25) is 12.7 Å². The molecular formula is C22H26FN3O3. The fourth-order valence-corrected chi connectivity index (χ4v) is 3.67. The van der Waals surface area contributed by atoms with Crippen LogP contribution in [0, 0.1) is 5.82 Å². The molecule has 29 heavy (non-hydrogen) atoms. The van der Waals surface area contributed by atoms with E-state index in [0.717, 1.165) is 44.2 Å². The zero-order chi connectivity index (χ0) is 20.1. The Labute approximate surface area is 170 Å². The smallest absolute Gasteiger partial charge is 0.231 e. The summed E-state index contributed by atoms with van der Waals surface area (Å²) in [5.74, 6) is 1.53. The van der Waals surface area contributed by atoms with Gasteiger partial charge in [0.15, 0.2) is 11.5 Å². The Morgan fingerprint density at radius 3 is 2.66 bits per heavy atom. The summed E-state index contributed by atoms with van der Waals surface area (Å²) in [6.07, 6.45) is 0.427. The van der Waals surface area contributed by atoms with Crippen LogP contribution in [0.2, 0.25) is 0 Å². The van der Waals surface area contributed by atoms with Crippen LogP contribution in [0.15, 0.2) is 42.5 Å². The van der Waals surface area contributed by atoms with Gasteiger partial charge in [-0.2, -0.15) is 0 Å². The first kappa shape index (κ1) is 19.7. The van der Waals surface area contributed by atoms with Gasteiger partial charge in [-0.3, -0.25) is 9.69 Å². The third-order valence-electron chi connectivity index (χ3n) is 5.36. The largest absolute Gasteiger partial charge is 0.454 e. The zero-order valence-electron chi connectivity index (χ0n) is 16.4.